The number of aromatic nitrogens is 1. The number of hydrogen-bond acceptors (Lipinski definition) is 4. The zero-order valence-corrected chi connectivity index (χ0v) is 9.77. The number of allylic oxidation sites excluding steroid dienone is 1. The van der Waals surface area contributed by atoms with E-state index in [2.05, 4.69) is 9.72 Å². The number of ether oxygens (including phenoxy) is 1. The summed E-state index contributed by atoms with van der Waals surface area (Å²) in [5.41, 5.74) is 6.54. The monoisotopic (exact) mass is 244 g/mol. The Kier molecular flexibility index (Phi) is 3.14. The van der Waals surface area contributed by atoms with E-state index in [9.17, 15) is 9.59 Å². The fourth-order valence-electron chi connectivity index (χ4n) is 1.67. The summed E-state index contributed by atoms with van der Waals surface area (Å²) in [6.07, 6.45) is 2.66. The molecule has 0 unspecified atom stereocenters. The molecule has 0 aliphatic rings. The molecule has 0 bridgehead atoms. The fourth-order valence-corrected chi connectivity index (χ4v) is 1.67. The van der Waals surface area contributed by atoms with Crippen molar-refractivity contribution in [2.75, 3.05) is 7.11 Å². The Labute approximate surface area is 103 Å². The van der Waals surface area contributed by atoms with Gasteiger partial charge in [-0.2, -0.15) is 0 Å². The first-order valence-electron chi connectivity index (χ1n) is 5.29. The minimum absolute atomic E-state index is 0.215. The molecule has 0 amide bonds. The number of carbonyl (C=O) groups excluding carboxylic acids is 2. The fraction of sp³-hybridized carbons (Fsp3) is 0.0769. The molecule has 0 aliphatic heterocycles. The number of fused-ring (bicyclic) bond motifs is 1. The smallest absolute Gasteiger partial charge is 0.354 e. The van der Waals surface area contributed by atoms with Gasteiger partial charge in [0.25, 0.3) is 0 Å². The molecule has 0 saturated carbocycles. The largest absolute Gasteiger partial charge is 0.464 e. The Hall–Kier alpha value is -2.56. The maximum Gasteiger partial charge on any atom is 0.354 e. The molecule has 2 aromatic rings. The highest BCUT2D eigenvalue weighted by Crippen LogP contribution is 2.18. The van der Waals surface area contributed by atoms with Crippen molar-refractivity contribution in [3.63, 3.8) is 0 Å². The van der Waals surface area contributed by atoms with E-state index in [1.54, 1.807) is 6.20 Å². The van der Waals surface area contributed by atoms with E-state index in [1.807, 2.05) is 24.3 Å². The summed E-state index contributed by atoms with van der Waals surface area (Å²) in [6.45, 7) is 0. The van der Waals surface area contributed by atoms with E-state index in [4.69, 9.17) is 5.73 Å². The van der Waals surface area contributed by atoms with Gasteiger partial charge in [0.05, 0.1) is 7.11 Å². The minimum atomic E-state index is -0.719. The summed E-state index contributed by atoms with van der Waals surface area (Å²) in [4.78, 5) is 26.0. The van der Waals surface area contributed by atoms with E-state index >= 15 is 0 Å². The van der Waals surface area contributed by atoms with E-state index in [-0.39, 0.29) is 11.5 Å². The third-order valence-electron chi connectivity index (χ3n) is 2.56. The minimum Gasteiger partial charge on any atom is -0.464 e. The van der Waals surface area contributed by atoms with Crippen molar-refractivity contribution in [1.82, 2.24) is 4.98 Å². The van der Waals surface area contributed by atoms with Gasteiger partial charge in [0, 0.05) is 28.7 Å². The highest BCUT2D eigenvalue weighted by molar-refractivity contribution is 6.15. The number of ketones is 1. The van der Waals surface area contributed by atoms with Crippen LogP contribution in [0, 0.1) is 0 Å². The first kappa shape index (κ1) is 11.9. The van der Waals surface area contributed by atoms with Crippen molar-refractivity contribution < 1.29 is 14.3 Å². The third kappa shape index (κ3) is 2.10. The van der Waals surface area contributed by atoms with Gasteiger partial charge in [-0.1, -0.05) is 18.2 Å². The number of nitrogens with one attached hydrogen (secondary N) is 1. The standard InChI is InChI=1S/C13H12N2O3/c1-18-13(17)10(14)6-12(16)9-7-15-11-5-3-2-4-8(9)11/h2-7,15H,14H2,1H3/b10-6-. The Morgan fingerprint density at radius 3 is 2.78 bits per heavy atom. The summed E-state index contributed by atoms with van der Waals surface area (Å²) in [7, 11) is 1.21. The van der Waals surface area contributed by atoms with Crippen LogP contribution in [-0.2, 0) is 9.53 Å². The molecule has 18 heavy (non-hydrogen) atoms. The lowest BCUT2D eigenvalue weighted by atomic mass is 10.1. The predicted molar refractivity (Wildman–Crippen MR) is 66.9 cm³/mol. The van der Waals surface area contributed by atoms with Crippen molar-refractivity contribution in [2.24, 2.45) is 5.73 Å². The highest BCUT2D eigenvalue weighted by atomic mass is 16.5. The number of hydrogen-bond donors (Lipinski definition) is 2. The first-order chi connectivity index (χ1) is 8.63. The molecule has 5 heteroatoms. The summed E-state index contributed by atoms with van der Waals surface area (Å²) in [5.74, 6) is -1.06. The van der Waals surface area contributed by atoms with Crippen LogP contribution in [0.1, 0.15) is 10.4 Å². The number of nitrogens with two attached hydrogens (primary N) is 1. The topological polar surface area (TPSA) is 85.2 Å². The van der Waals surface area contributed by atoms with Crippen LogP contribution in [0.5, 0.6) is 0 Å². The van der Waals surface area contributed by atoms with Crippen molar-refractivity contribution in [1.29, 1.82) is 0 Å². The van der Waals surface area contributed by atoms with Crippen molar-refractivity contribution in [3.05, 3.63) is 47.8 Å². The Balaban J connectivity index is 2.38. The van der Waals surface area contributed by atoms with E-state index in [0.29, 0.717) is 5.56 Å². The molecule has 5 nitrogen and oxygen atoms in total. The quantitative estimate of drug-likeness (QED) is 0.485. The van der Waals surface area contributed by atoms with Crippen LogP contribution in [0.2, 0.25) is 0 Å². The molecule has 0 atom stereocenters. The number of para-hydroxylation sites is 1. The van der Waals surface area contributed by atoms with E-state index in [0.717, 1.165) is 17.0 Å². The maximum atomic E-state index is 12.0. The average Bonchev–Trinajstić information content (AvgIpc) is 2.81. The molecule has 0 fully saturated rings. The summed E-state index contributed by atoms with van der Waals surface area (Å²) in [6, 6.07) is 7.38. The molecule has 1 heterocycles. The Morgan fingerprint density at radius 2 is 2.06 bits per heavy atom. The lowest BCUT2D eigenvalue weighted by molar-refractivity contribution is -0.136. The van der Waals surface area contributed by atoms with Gasteiger partial charge in [0.2, 0.25) is 0 Å². The van der Waals surface area contributed by atoms with E-state index < -0.39 is 5.97 Å². The lowest BCUT2D eigenvalue weighted by Crippen LogP contribution is -2.14. The molecular formula is C13H12N2O3. The van der Waals surface area contributed by atoms with E-state index in [1.165, 1.54) is 7.11 Å². The molecule has 92 valence electrons. The molecular weight excluding hydrogens is 232 g/mol. The van der Waals surface area contributed by atoms with Crippen LogP contribution in [0.3, 0.4) is 0 Å². The van der Waals surface area contributed by atoms with Crippen molar-refractivity contribution >= 4 is 22.7 Å². The van der Waals surface area contributed by atoms with Crippen LogP contribution in [0.25, 0.3) is 10.9 Å². The summed E-state index contributed by atoms with van der Waals surface area (Å²) < 4.78 is 4.43. The number of carbonyl (C=O) groups is 2. The zero-order chi connectivity index (χ0) is 13.1. The van der Waals surface area contributed by atoms with Gasteiger partial charge < -0.3 is 15.5 Å². The first-order valence-corrected chi connectivity index (χ1v) is 5.29. The number of rotatable bonds is 3. The van der Waals surface area contributed by atoms with Gasteiger partial charge in [0.15, 0.2) is 5.78 Å². The molecule has 0 saturated heterocycles. The summed E-state index contributed by atoms with van der Waals surface area (Å²) in [5, 5.41) is 0.788. The second-order valence-electron chi connectivity index (χ2n) is 3.70. The zero-order valence-electron chi connectivity index (χ0n) is 9.77. The van der Waals surface area contributed by atoms with Crippen LogP contribution >= 0.6 is 0 Å². The van der Waals surface area contributed by atoms with Crippen LogP contribution in [-0.4, -0.2) is 23.8 Å². The van der Waals surface area contributed by atoms with Gasteiger partial charge in [-0.05, 0) is 6.07 Å². The highest BCUT2D eigenvalue weighted by Gasteiger charge is 2.12. The number of H-pyrrole nitrogens is 1. The SMILES string of the molecule is COC(=O)/C(N)=C/C(=O)c1c[nH]c2ccccc12. The normalized spacial score (nSPS) is 11.5. The molecule has 2 rings (SSSR count). The number of aromatic amines is 1. The number of esters is 1. The van der Waals surface area contributed by atoms with Crippen molar-refractivity contribution in [2.45, 2.75) is 0 Å². The molecule has 0 aliphatic carbocycles. The maximum absolute atomic E-state index is 12.0. The average molecular weight is 244 g/mol. The van der Waals surface area contributed by atoms with Gasteiger partial charge in [-0.25, -0.2) is 4.79 Å². The number of benzene rings is 1. The Bertz CT molecular complexity index is 640. The van der Waals surface area contributed by atoms with Gasteiger partial charge in [-0.15, -0.1) is 0 Å². The van der Waals surface area contributed by atoms with Crippen LogP contribution < -0.4 is 5.73 Å². The van der Waals surface area contributed by atoms with Crippen molar-refractivity contribution in [3.8, 4) is 0 Å². The molecule has 3 N–H and O–H groups in total. The predicted octanol–water partition coefficient (Wildman–Crippen LogP) is 1.37. The van der Waals surface area contributed by atoms with Gasteiger partial charge in [0.1, 0.15) is 5.70 Å². The second-order valence-corrected chi connectivity index (χ2v) is 3.70. The van der Waals surface area contributed by atoms with Crippen LogP contribution in [0.4, 0.5) is 0 Å². The molecule has 1 aromatic heterocycles. The van der Waals surface area contributed by atoms with Crippen LogP contribution in [0.15, 0.2) is 42.2 Å². The molecule has 0 spiro atoms. The van der Waals surface area contributed by atoms with Gasteiger partial charge in [-0.3, -0.25) is 4.79 Å². The Morgan fingerprint density at radius 1 is 1.33 bits per heavy atom. The lowest BCUT2D eigenvalue weighted by Gasteiger charge is -1.98. The van der Waals surface area contributed by atoms with Gasteiger partial charge >= 0.3 is 5.97 Å². The number of methoxy groups -OCH3 is 1. The third-order valence-corrected chi connectivity index (χ3v) is 2.56. The molecule has 0 radical (unpaired) electrons. The molecule has 1 aromatic carbocycles. The second kappa shape index (κ2) is 4.75. The summed E-state index contributed by atoms with van der Waals surface area (Å²) >= 11 is 0.